The first-order valence-corrected chi connectivity index (χ1v) is 6.93. The number of nitrogens with one attached hydrogen (secondary N) is 1. The fourth-order valence-electron chi connectivity index (χ4n) is 1.96. The highest BCUT2D eigenvalue weighted by molar-refractivity contribution is 7.07. The number of rotatable bonds is 4. The Labute approximate surface area is 120 Å². The van der Waals surface area contributed by atoms with Crippen LogP contribution in [-0.2, 0) is 6.54 Å². The van der Waals surface area contributed by atoms with E-state index >= 15 is 0 Å². The van der Waals surface area contributed by atoms with Gasteiger partial charge in [-0.25, -0.2) is 9.78 Å². The van der Waals surface area contributed by atoms with Gasteiger partial charge in [-0.1, -0.05) is 12.1 Å². The molecular formula is C14H14N2O3S. The van der Waals surface area contributed by atoms with Gasteiger partial charge in [0.1, 0.15) is 0 Å². The molecule has 0 unspecified atom stereocenters. The lowest BCUT2D eigenvalue weighted by molar-refractivity contribution is 0.0690. The highest BCUT2D eigenvalue weighted by atomic mass is 32.1. The smallest absolute Gasteiger partial charge is 0.336 e. The third-order valence-electron chi connectivity index (χ3n) is 2.98. The Morgan fingerprint density at radius 1 is 1.25 bits per heavy atom. The van der Waals surface area contributed by atoms with Gasteiger partial charge in [0.05, 0.1) is 28.9 Å². The number of carboxylic acids is 1. The number of aromatic nitrogens is 1. The largest absolute Gasteiger partial charge is 0.478 e. The van der Waals surface area contributed by atoms with Gasteiger partial charge in [0, 0.05) is 5.38 Å². The van der Waals surface area contributed by atoms with E-state index in [0.29, 0.717) is 11.1 Å². The summed E-state index contributed by atoms with van der Waals surface area (Å²) in [7, 11) is 0. The van der Waals surface area contributed by atoms with Gasteiger partial charge >= 0.3 is 5.97 Å². The van der Waals surface area contributed by atoms with Crippen molar-refractivity contribution in [2.75, 3.05) is 0 Å². The molecule has 2 aromatic rings. The molecule has 0 aliphatic carbocycles. The molecule has 104 valence electrons. The first kappa shape index (κ1) is 14.2. The van der Waals surface area contributed by atoms with Crippen LogP contribution in [0.25, 0.3) is 0 Å². The van der Waals surface area contributed by atoms with Crippen molar-refractivity contribution < 1.29 is 14.7 Å². The van der Waals surface area contributed by atoms with Crippen LogP contribution in [0.2, 0.25) is 0 Å². The molecule has 1 heterocycles. The molecule has 0 spiro atoms. The molecule has 6 heteroatoms. The lowest BCUT2D eigenvalue weighted by Crippen LogP contribution is -2.26. The number of carbonyl (C=O) groups is 2. The molecule has 0 bridgehead atoms. The van der Waals surface area contributed by atoms with E-state index in [1.54, 1.807) is 31.5 Å². The van der Waals surface area contributed by atoms with E-state index in [2.05, 4.69) is 10.3 Å². The van der Waals surface area contributed by atoms with E-state index in [0.717, 1.165) is 5.69 Å². The van der Waals surface area contributed by atoms with Crippen molar-refractivity contribution >= 4 is 23.2 Å². The first-order chi connectivity index (χ1) is 9.50. The molecule has 1 amide bonds. The number of aromatic carboxylic acids is 1. The van der Waals surface area contributed by atoms with E-state index in [4.69, 9.17) is 0 Å². The molecule has 2 rings (SSSR count). The summed E-state index contributed by atoms with van der Waals surface area (Å²) >= 11 is 1.44. The van der Waals surface area contributed by atoms with Gasteiger partial charge in [-0.15, -0.1) is 11.3 Å². The zero-order valence-electron chi connectivity index (χ0n) is 11.1. The van der Waals surface area contributed by atoms with Gasteiger partial charge in [-0.3, -0.25) is 4.79 Å². The number of hydrogen-bond donors (Lipinski definition) is 2. The van der Waals surface area contributed by atoms with Crippen LogP contribution in [0.3, 0.4) is 0 Å². The van der Waals surface area contributed by atoms with Crippen molar-refractivity contribution in [1.29, 1.82) is 0 Å². The SMILES string of the molecule is Cc1ccc(C)c(C(=O)NCc2cscn2)c1C(=O)O. The van der Waals surface area contributed by atoms with E-state index in [-0.39, 0.29) is 17.7 Å². The molecule has 0 aliphatic heterocycles. The number of nitrogens with zero attached hydrogens (tertiary/aromatic N) is 1. The van der Waals surface area contributed by atoms with Crippen LogP contribution < -0.4 is 5.32 Å². The van der Waals surface area contributed by atoms with E-state index in [1.165, 1.54) is 11.3 Å². The van der Waals surface area contributed by atoms with Crippen LogP contribution in [0.15, 0.2) is 23.0 Å². The second-order valence-corrected chi connectivity index (χ2v) is 5.14. The number of carbonyl (C=O) groups excluding carboxylic acids is 1. The lowest BCUT2D eigenvalue weighted by Gasteiger charge is -2.12. The summed E-state index contributed by atoms with van der Waals surface area (Å²) < 4.78 is 0. The Morgan fingerprint density at radius 3 is 2.45 bits per heavy atom. The summed E-state index contributed by atoms with van der Waals surface area (Å²) in [5.41, 5.74) is 3.92. The van der Waals surface area contributed by atoms with Gasteiger partial charge in [0.25, 0.3) is 5.91 Å². The molecular weight excluding hydrogens is 276 g/mol. The van der Waals surface area contributed by atoms with Crippen molar-refractivity contribution in [3.8, 4) is 0 Å². The van der Waals surface area contributed by atoms with Crippen LogP contribution >= 0.6 is 11.3 Å². The molecule has 1 aromatic carbocycles. The molecule has 0 fully saturated rings. The summed E-state index contributed by atoms with van der Waals surface area (Å²) in [6.45, 7) is 3.69. The van der Waals surface area contributed by atoms with Crippen LogP contribution in [-0.4, -0.2) is 22.0 Å². The highest BCUT2D eigenvalue weighted by Gasteiger charge is 2.21. The lowest BCUT2D eigenvalue weighted by atomic mass is 9.96. The van der Waals surface area contributed by atoms with E-state index < -0.39 is 11.9 Å². The summed E-state index contributed by atoms with van der Waals surface area (Å²) in [5, 5.41) is 13.8. The number of thiazole rings is 1. The quantitative estimate of drug-likeness (QED) is 0.906. The van der Waals surface area contributed by atoms with E-state index in [9.17, 15) is 14.7 Å². The van der Waals surface area contributed by atoms with Crippen molar-refractivity contribution in [3.63, 3.8) is 0 Å². The number of aryl methyl sites for hydroxylation is 2. The fraction of sp³-hybridized carbons (Fsp3) is 0.214. The number of benzene rings is 1. The minimum Gasteiger partial charge on any atom is -0.478 e. The van der Waals surface area contributed by atoms with Gasteiger partial charge in [0.15, 0.2) is 0 Å². The average molecular weight is 290 g/mol. The van der Waals surface area contributed by atoms with Crippen LogP contribution in [0.4, 0.5) is 0 Å². The average Bonchev–Trinajstić information content (AvgIpc) is 2.91. The maximum absolute atomic E-state index is 12.2. The van der Waals surface area contributed by atoms with Crippen molar-refractivity contribution in [3.05, 3.63) is 51.0 Å². The molecule has 0 atom stereocenters. The minimum atomic E-state index is -1.09. The highest BCUT2D eigenvalue weighted by Crippen LogP contribution is 2.19. The summed E-state index contributed by atoms with van der Waals surface area (Å²) in [6, 6.07) is 3.45. The van der Waals surface area contributed by atoms with Crippen LogP contribution in [0.1, 0.15) is 37.5 Å². The van der Waals surface area contributed by atoms with Crippen LogP contribution in [0.5, 0.6) is 0 Å². The molecule has 0 aliphatic rings. The maximum Gasteiger partial charge on any atom is 0.336 e. The molecule has 1 aromatic heterocycles. The van der Waals surface area contributed by atoms with E-state index in [1.807, 2.05) is 5.38 Å². The van der Waals surface area contributed by atoms with Crippen LogP contribution in [0, 0.1) is 13.8 Å². The molecule has 0 radical (unpaired) electrons. The zero-order valence-corrected chi connectivity index (χ0v) is 12.0. The van der Waals surface area contributed by atoms with Gasteiger partial charge in [-0.05, 0) is 25.0 Å². The predicted octanol–water partition coefficient (Wildman–Crippen LogP) is 2.39. The fourth-order valence-corrected chi connectivity index (χ4v) is 2.52. The second-order valence-electron chi connectivity index (χ2n) is 4.42. The summed E-state index contributed by atoms with van der Waals surface area (Å²) in [4.78, 5) is 27.6. The summed E-state index contributed by atoms with van der Waals surface area (Å²) in [5.74, 6) is -1.48. The maximum atomic E-state index is 12.2. The van der Waals surface area contributed by atoms with Crippen molar-refractivity contribution in [2.45, 2.75) is 20.4 Å². The number of hydrogen-bond acceptors (Lipinski definition) is 4. The zero-order chi connectivity index (χ0) is 14.7. The Balaban J connectivity index is 2.29. The van der Waals surface area contributed by atoms with Crippen molar-refractivity contribution in [2.24, 2.45) is 0 Å². The normalized spacial score (nSPS) is 10.3. The first-order valence-electron chi connectivity index (χ1n) is 5.99. The Morgan fingerprint density at radius 2 is 1.90 bits per heavy atom. The molecule has 0 saturated heterocycles. The predicted molar refractivity (Wildman–Crippen MR) is 76.2 cm³/mol. The molecule has 0 saturated carbocycles. The Bertz CT molecular complexity index is 651. The third-order valence-corrected chi connectivity index (χ3v) is 3.61. The Hall–Kier alpha value is -2.21. The monoisotopic (exact) mass is 290 g/mol. The number of carboxylic acid groups (broad SMARTS) is 1. The topological polar surface area (TPSA) is 79.3 Å². The minimum absolute atomic E-state index is 0.0563. The molecule has 2 N–H and O–H groups in total. The molecule has 20 heavy (non-hydrogen) atoms. The van der Waals surface area contributed by atoms with Crippen molar-refractivity contribution in [1.82, 2.24) is 10.3 Å². The van der Waals surface area contributed by atoms with Gasteiger partial charge in [0.2, 0.25) is 0 Å². The number of amides is 1. The molecule has 5 nitrogen and oxygen atoms in total. The Kier molecular flexibility index (Phi) is 4.14. The second kappa shape index (κ2) is 5.83. The standard InChI is InChI=1S/C14H14N2O3S/c1-8-3-4-9(2)12(14(18)19)11(8)13(17)15-5-10-6-20-7-16-10/h3-4,6-7H,5H2,1-2H3,(H,15,17)(H,18,19). The third kappa shape index (κ3) is 2.85. The van der Waals surface area contributed by atoms with Gasteiger partial charge < -0.3 is 10.4 Å². The summed E-state index contributed by atoms with van der Waals surface area (Å²) in [6.07, 6.45) is 0. The van der Waals surface area contributed by atoms with Gasteiger partial charge in [-0.2, -0.15) is 0 Å².